The molecule has 3 aromatic rings. The molecule has 23 heavy (non-hydrogen) atoms. The first-order valence-corrected chi connectivity index (χ1v) is 7.66. The van der Waals surface area contributed by atoms with Crippen molar-refractivity contribution >= 4 is 39.1 Å². The van der Waals surface area contributed by atoms with Crippen molar-refractivity contribution in [1.82, 2.24) is 15.2 Å². The lowest BCUT2D eigenvalue weighted by Crippen LogP contribution is -2.02. The minimum absolute atomic E-state index is 0.409. The molecule has 116 valence electrons. The lowest BCUT2D eigenvalue weighted by molar-refractivity contribution is 0.415. The number of halogens is 1. The van der Waals surface area contributed by atoms with E-state index in [-0.39, 0.29) is 0 Å². The Bertz CT molecular complexity index is 794. The number of methoxy groups -OCH3 is 1. The molecule has 0 bridgehead atoms. The van der Waals surface area contributed by atoms with Crippen LogP contribution in [0.25, 0.3) is 0 Å². The Kier molecular flexibility index (Phi) is 4.68. The second-order valence-corrected chi connectivity index (χ2v) is 5.48. The first-order valence-electron chi connectivity index (χ1n) is 6.87. The average molecular weight is 372 g/mol. The number of ether oxygens (including phenoxy) is 1. The van der Waals surface area contributed by atoms with E-state index in [0.717, 1.165) is 21.6 Å². The molecule has 0 spiro atoms. The van der Waals surface area contributed by atoms with Crippen molar-refractivity contribution in [2.75, 3.05) is 17.7 Å². The predicted octanol–water partition coefficient (Wildman–Crippen LogP) is 4.13. The van der Waals surface area contributed by atoms with Gasteiger partial charge in [0.25, 0.3) is 0 Å². The Morgan fingerprint density at radius 3 is 2.52 bits per heavy atom. The van der Waals surface area contributed by atoms with Crippen molar-refractivity contribution in [3.8, 4) is 5.75 Å². The van der Waals surface area contributed by atoms with Crippen LogP contribution in [-0.4, -0.2) is 22.3 Å². The van der Waals surface area contributed by atoms with Crippen molar-refractivity contribution in [3.05, 3.63) is 59.2 Å². The Balaban J connectivity index is 1.75. The van der Waals surface area contributed by atoms with Gasteiger partial charge in [-0.25, -0.2) is 0 Å². The van der Waals surface area contributed by atoms with Crippen LogP contribution in [0, 0.1) is 0 Å². The van der Waals surface area contributed by atoms with Crippen molar-refractivity contribution in [3.63, 3.8) is 0 Å². The number of para-hydroxylation sites is 1. The van der Waals surface area contributed by atoms with E-state index in [0.29, 0.717) is 11.8 Å². The third-order valence-corrected chi connectivity index (χ3v) is 3.73. The molecule has 0 aliphatic carbocycles. The number of rotatable bonds is 5. The van der Waals surface area contributed by atoms with Gasteiger partial charge in [-0.3, -0.25) is 0 Å². The lowest BCUT2D eigenvalue weighted by atomic mass is 10.3. The molecule has 0 aliphatic rings. The third kappa shape index (κ3) is 3.95. The number of aromatic nitrogens is 3. The van der Waals surface area contributed by atoms with Crippen LogP contribution in [-0.2, 0) is 0 Å². The van der Waals surface area contributed by atoms with Crippen LogP contribution in [0.15, 0.2) is 59.2 Å². The van der Waals surface area contributed by atoms with Crippen molar-refractivity contribution in [2.45, 2.75) is 0 Å². The molecule has 3 rings (SSSR count). The van der Waals surface area contributed by atoms with E-state index in [2.05, 4.69) is 41.7 Å². The van der Waals surface area contributed by atoms with Crippen LogP contribution in [0.2, 0.25) is 0 Å². The van der Waals surface area contributed by atoms with Gasteiger partial charge in [0.05, 0.1) is 19.0 Å². The summed E-state index contributed by atoms with van der Waals surface area (Å²) < 4.78 is 6.08. The maximum Gasteiger partial charge on any atom is 0.249 e. The molecule has 1 heterocycles. The number of hydrogen-bond donors (Lipinski definition) is 2. The molecular weight excluding hydrogens is 358 g/mol. The minimum atomic E-state index is 0.409. The summed E-state index contributed by atoms with van der Waals surface area (Å²) in [7, 11) is 1.63. The molecule has 0 amide bonds. The molecule has 2 aromatic carbocycles. The Morgan fingerprint density at radius 2 is 1.78 bits per heavy atom. The van der Waals surface area contributed by atoms with Gasteiger partial charge in [-0.05, 0) is 52.3 Å². The summed E-state index contributed by atoms with van der Waals surface area (Å²) in [5, 5.41) is 14.2. The largest absolute Gasteiger partial charge is 0.497 e. The standard InChI is InChI=1S/C16H14BrN5O/c1-23-12-8-6-11(7-9-12)19-16-21-15(10-18-22-16)20-14-5-3-2-4-13(14)17/h2-10H,1H3,(H2,19,20,21,22). The minimum Gasteiger partial charge on any atom is -0.497 e. The van der Waals surface area contributed by atoms with Gasteiger partial charge in [-0.1, -0.05) is 12.1 Å². The zero-order valence-electron chi connectivity index (χ0n) is 12.3. The average Bonchev–Trinajstić information content (AvgIpc) is 2.58. The summed E-state index contributed by atoms with van der Waals surface area (Å²) in [6, 6.07) is 15.3. The number of nitrogens with one attached hydrogen (secondary N) is 2. The van der Waals surface area contributed by atoms with Crippen molar-refractivity contribution < 1.29 is 4.74 Å². The summed E-state index contributed by atoms with van der Waals surface area (Å²) in [5.41, 5.74) is 1.76. The molecule has 0 fully saturated rings. The quantitative estimate of drug-likeness (QED) is 0.702. The second-order valence-electron chi connectivity index (χ2n) is 4.62. The van der Waals surface area contributed by atoms with Crippen molar-refractivity contribution in [2.24, 2.45) is 0 Å². The summed E-state index contributed by atoms with van der Waals surface area (Å²) >= 11 is 3.49. The Hall–Kier alpha value is -2.67. The van der Waals surface area contributed by atoms with Crippen LogP contribution in [0.3, 0.4) is 0 Å². The van der Waals surface area contributed by atoms with E-state index in [4.69, 9.17) is 4.74 Å². The second kappa shape index (κ2) is 7.06. The number of hydrogen-bond acceptors (Lipinski definition) is 6. The van der Waals surface area contributed by atoms with Gasteiger partial charge < -0.3 is 15.4 Å². The number of nitrogens with zero attached hydrogens (tertiary/aromatic N) is 3. The maximum atomic E-state index is 5.13. The van der Waals surface area contributed by atoms with Gasteiger partial charge in [0, 0.05) is 10.2 Å². The smallest absolute Gasteiger partial charge is 0.249 e. The van der Waals surface area contributed by atoms with Gasteiger partial charge in [-0.15, -0.1) is 5.10 Å². The van der Waals surface area contributed by atoms with Gasteiger partial charge in [0.1, 0.15) is 5.75 Å². The monoisotopic (exact) mass is 371 g/mol. The van der Waals surface area contributed by atoms with Gasteiger partial charge in [0.15, 0.2) is 5.82 Å². The zero-order valence-corrected chi connectivity index (χ0v) is 13.9. The fourth-order valence-corrected chi connectivity index (χ4v) is 2.30. The van der Waals surface area contributed by atoms with E-state index < -0.39 is 0 Å². The lowest BCUT2D eigenvalue weighted by Gasteiger charge is -2.09. The molecular formula is C16H14BrN5O. The fourth-order valence-electron chi connectivity index (χ4n) is 1.92. The SMILES string of the molecule is COc1ccc(Nc2nncc(Nc3ccccc3Br)n2)cc1. The molecule has 0 saturated heterocycles. The molecule has 7 heteroatoms. The van der Waals surface area contributed by atoms with Crippen LogP contribution >= 0.6 is 15.9 Å². The molecule has 0 aliphatic heterocycles. The van der Waals surface area contributed by atoms with Crippen LogP contribution in [0.5, 0.6) is 5.75 Å². The highest BCUT2D eigenvalue weighted by molar-refractivity contribution is 9.10. The Labute approximate surface area is 142 Å². The molecule has 6 nitrogen and oxygen atoms in total. The van der Waals surface area contributed by atoms with E-state index in [1.54, 1.807) is 13.3 Å². The molecule has 0 saturated carbocycles. The van der Waals surface area contributed by atoms with Gasteiger partial charge in [0.2, 0.25) is 5.95 Å². The molecule has 1 aromatic heterocycles. The van der Waals surface area contributed by atoms with E-state index in [1.165, 1.54) is 0 Å². The summed E-state index contributed by atoms with van der Waals surface area (Å²) in [4.78, 5) is 4.40. The highest BCUT2D eigenvalue weighted by Gasteiger charge is 2.04. The van der Waals surface area contributed by atoms with Crippen LogP contribution < -0.4 is 15.4 Å². The molecule has 0 atom stereocenters. The first kappa shape index (κ1) is 15.2. The predicted molar refractivity (Wildman–Crippen MR) is 93.5 cm³/mol. The number of benzene rings is 2. The maximum absolute atomic E-state index is 5.13. The Morgan fingerprint density at radius 1 is 1.00 bits per heavy atom. The van der Waals surface area contributed by atoms with Gasteiger partial charge >= 0.3 is 0 Å². The van der Waals surface area contributed by atoms with E-state index in [1.807, 2.05) is 48.5 Å². The van der Waals surface area contributed by atoms with Gasteiger partial charge in [-0.2, -0.15) is 10.1 Å². The normalized spacial score (nSPS) is 10.2. The zero-order chi connectivity index (χ0) is 16.1. The third-order valence-electron chi connectivity index (χ3n) is 3.04. The first-order chi connectivity index (χ1) is 11.2. The summed E-state index contributed by atoms with van der Waals surface area (Å²) in [6.07, 6.45) is 1.57. The highest BCUT2D eigenvalue weighted by Crippen LogP contribution is 2.24. The summed E-state index contributed by atoms with van der Waals surface area (Å²) in [6.45, 7) is 0. The van der Waals surface area contributed by atoms with E-state index >= 15 is 0 Å². The summed E-state index contributed by atoms with van der Waals surface area (Å²) in [5.74, 6) is 1.80. The van der Waals surface area contributed by atoms with Crippen LogP contribution in [0.1, 0.15) is 0 Å². The molecule has 0 radical (unpaired) electrons. The van der Waals surface area contributed by atoms with Crippen LogP contribution in [0.4, 0.5) is 23.1 Å². The van der Waals surface area contributed by atoms with E-state index in [9.17, 15) is 0 Å². The topological polar surface area (TPSA) is 72.0 Å². The van der Waals surface area contributed by atoms with Crippen molar-refractivity contribution in [1.29, 1.82) is 0 Å². The highest BCUT2D eigenvalue weighted by atomic mass is 79.9. The fraction of sp³-hybridized carbons (Fsp3) is 0.0625. The molecule has 2 N–H and O–H groups in total. The number of anilines is 4. The molecule has 0 unspecified atom stereocenters.